The summed E-state index contributed by atoms with van der Waals surface area (Å²) in [5.41, 5.74) is 9.03. The van der Waals surface area contributed by atoms with Gasteiger partial charge in [0.1, 0.15) is 5.00 Å². The predicted molar refractivity (Wildman–Crippen MR) is 149 cm³/mol. The van der Waals surface area contributed by atoms with Gasteiger partial charge in [-0.05, 0) is 48.9 Å². The SMILES string of the molecule is COC(=O)N(c1ccc(-c2[nH]nc3c2Cc2cc(CN4CCN(C)CC4)ccc2-3)s1)c1ccccc1C. The summed E-state index contributed by atoms with van der Waals surface area (Å²) >= 11 is 1.56. The van der Waals surface area contributed by atoms with E-state index in [2.05, 4.69) is 46.2 Å². The van der Waals surface area contributed by atoms with Crippen LogP contribution in [0, 0.1) is 6.92 Å². The Bertz CT molecular complexity index is 1450. The number of likely N-dealkylation sites (N-methyl/N-ethyl adjacent to an activating group) is 1. The first-order valence-electron chi connectivity index (χ1n) is 12.7. The second kappa shape index (κ2) is 9.78. The molecule has 0 unspecified atom stereocenters. The molecule has 37 heavy (non-hydrogen) atoms. The fraction of sp³-hybridized carbons (Fsp3) is 0.310. The normalized spacial score (nSPS) is 15.4. The molecule has 2 aromatic carbocycles. The third kappa shape index (κ3) is 4.45. The van der Waals surface area contributed by atoms with Crippen molar-refractivity contribution in [1.82, 2.24) is 20.0 Å². The van der Waals surface area contributed by atoms with Crippen molar-refractivity contribution in [2.24, 2.45) is 0 Å². The average molecular weight is 514 g/mol. The lowest BCUT2D eigenvalue weighted by Gasteiger charge is -2.32. The molecule has 190 valence electrons. The number of ether oxygens (including phenoxy) is 1. The van der Waals surface area contributed by atoms with Crippen LogP contribution in [0.4, 0.5) is 15.5 Å². The lowest BCUT2D eigenvalue weighted by molar-refractivity contribution is 0.148. The number of benzene rings is 2. The highest BCUT2D eigenvalue weighted by atomic mass is 32.1. The molecule has 6 rings (SSSR count). The summed E-state index contributed by atoms with van der Waals surface area (Å²) in [6.07, 6.45) is 0.455. The number of thiophene rings is 1. The van der Waals surface area contributed by atoms with Gasteiger partial charge in [0.05, 0.1) is 29.1 Å². The maximum absolute atomic E-state index is 12.8. The number of nitrogens with one attached hydrogen (secondary N) is 1. The molecule has 4 aromatic rings. The summed E-state index contributed by atoms with van der Waals surface area (Å²) in [6, 6.07) is 18.7. The van der Waals surface area contributed by atoms with Gasteiger partial charge in [0, 0.05) is 50.3 Å². The van der Waals surface area contributed by atoms with E-state index in [9.17, 15) is 4.79 Å². The second-order valence-corrected chi connectivity index (χ2v) is 11.0. The Balaban J connectivity index is 1.26. The molecule has 0 spiro atoms. The van der Waals surface area contributed by atoms with Crippen LogP contribution in [-0.4, -0.2) is 66.4 Å². The molecule has 1 aliphatic carbocycles. The number of aromatic nitrogens is 2. The van der Waals surface area contributed by atoms with Crippen LogP contribution in [0.3, 0.4) is 0 Å². The van der Waals surface area contributed by atoms with E-state index in [1.54, 1.807) is 16.2 Å². The van der Waals surface area contributed by atoms with Gasteiger partial charge in [-0.3, -0.25) is 10.00 Å². The fourth-order valence-corrected chi connectivity index (χ4v) is 6.37. The number of carbonyl (C=O) groups is 1. The van der Waals surface area contributed by atoms with E-state index in [0.717, 1.165) is 71.7 Å². The standard InChI is InChI=1S/C29H31N5O2S/c1-19-6-4-5-7-24(19)34(29(35)36-3)26-11-10-25(37-26)28-23-17-21-16-20(8-9-22(21)27(23)30-31-28)18-33-14-12-32(2)13-15-33/h4-11,16H,12-15,17-18H2,1-3H3,(H,30,31). The van der Waals surface area contributed by atoms with Gasteiger partial charge in [-0.15, -0.1) is 11.3 Å². The smallest absolute Gasteiger partial charge is 0.419 e. The van der Waals surface area contributed by atoms with E-state index in [1.807, 2.05) is 37.3 Å². The van der Waals surface area contributed by atoms with Crippen LogP contribution in [0.1, 0.15) is 22.3 Å². The molecule has 0 saturated carbocycles. The number of aromatic amines is 1. The Kier molecular flexibility index (Phi) is 6.32. The van der Waals surface area contributed by atoms with Crippen LogP contribution >= 0.6 is 11.3 Å². The number of amides is 1. The lowest BCUT2D eigenvalue weighted by Crippen LogP contribution is -2.43. The Morgan fingerprint density at radius 1 is 1.11 bits per heavy atom. The Morgan fingerprint density at radius 3 is 2.70 bits per heavy atom. The van der Waals surface area contributed by atoms with Crippen LogP contribution in [0.2, 0.25) is 0 Å². The molecular weight excluding hydrogens is 482 g/mol. The maximum atomic E-state index is 12.8. The number of methoxy groups -OCH3 is 1. The molecule has 1 amide bonds. The number of hydrogen-bond acceptors (Lipinski definition) is 6. The van der Waals surface area contributed by atoms with Gasteiger partial charge in [-0.25, -0.2) is 9.69 Å². The zero-order chi connectivity index (χ0) is 25.5. The first-order valence-corrected chi connectivity index (χ1v) is 13.5. The minimum absolute atomic E-state index is 0.405. The molecule has 3 heterocycles. The first-order chi connectivity index (χ1) is 18.0. The summed E-state index contributed by atoms with van der Waals surface area (Å²) in [5, 5.41) is 8.79. The molecule has 8 heteroatoms. The molecule has 1 fully saturated rings. The van der Waals surface area contributed by atoms with E-state index < -0.39 is 6.09 Å². The van der Waals surface area contributed by atoms with Crippen LogP contribution in [-0.2, 0) is 17.7 Å². The average Bonchev–Trinajstić information content (AvgIpc) is 3.62. The fourth-order valence-electron chi connectivity index (χ4n) is 5.34. The van der Waals surface area contributed by atoms with Crippen molar-refractivity contribution < 1.29 is 9.53 Å². The van der Waals surface area contributed by atoms with Gasteiger partial charge < -0.3 is 9.64 Å². The third-order valence-electron chi connectivity index (χ3n) is 7.43. The number of para-hydroxylation sites is 1. The zero-order valence-electron chi connectivity index (χ0n) is 21.5. The molecule has 2 aliphatic rings. The minimum atomic E-state index is -0.405. The number of fused-ring (bicyclic) bond motifs is 3. The number of H-pyrrole nitrogens is 1. The van der Waals surface area contributed by atoms with Crippen molar-refractivity contribution >= 4 is 28.1 Å². The summed E-state index contributed by atoms with van der Waals surface area (Å²) in [4.78, 5) is 20.4. The Labute approximate surface area is 221 Å². The second-order valence-electron chi connectivity index (χ2n) is 9.90. The quantitative estimate of drug-likeness (QED) is 0.328. The predicted octanol–water partition coefficient (Wildman–Crippen LogP) is 5.67. The van der Waals surface area contributed by atoms with Crippen molar-refractivity contribution in [3.8, 4) is 21.8 Å². The number of aryl methyl sites for hydroxylation is 1. The number of hydrogen-bond donors (Lipinski definition) is 1. The Hall–Kier alpha value is -3.46. The van der Waals surface area contributed by atoms with Crippen molar-refractivity contribution in [2.75, 3.05) is 45.2 Å². The molecule has 1 saturated heterocycles. The maximum Gasteiger partial charge on any atom is 0.419 e. The lowest BCUT2D eigenvalue weighted by atomic mass is 10.0. The van der Waals surface area contributed by atoms with Gasteiger partial charge in [0.15, 0.2) is 0 Å². The van der Waals surface area contributed by atoms with Crippen molar-refractivity contribution in [2.45, 2.75) is 19.9 Å². The number of anilines is 2. The highest BCUT2D eigenvalue weighted by Crippen LogP contribution is 2.44. The molecule has 0 bridgehead atoms. The highest BCUT2D eigenvalue weighted by molar-refractivity contribution is 7.19. The monoisotopic (exact) mass is 513 g/mol. The van der Waals surface area contributed by atoms with Gasteiger partial charge in [-0.1, -0.05) is 36.4 Å². The third-order valence-corrected chi connectivity index (χ3v) is 8.52. The van der Waals surface area contributed by atoms with Gasteiger partial charge in [-0.2, -0.15) is 5.10 Å². The van der Waals surface area contributed by atoms with Gasteiger partial charge >= 0.3 is 6.09 Å². The highest BCUT2D eigenvalue weighted by Gasteiger charge is 2.28. The molecule has 0 radical (unpaired) electrons. The topological polar surface area (TPSA) is 64.7 Å². The van der Waals surface area contributed by atoms with Crippen LogP contribution < -0.4 is 4.90 Å². The summed E-state index contributed by atoms with van der Waals surface area (Å²) in [5.74, 6) is 0. The van der Waals surface area contributed by atoms with Gasteiger partial charge in [0.25, 0.3) is 0 Å². The molecule has 2 aromatic heterocycles. The van der Waals surface area contributed by atoms with E-state index >= 15 is 0 Å². The summed E-state index contributed by atoms with van der Waals surface area (Å²) < 4.78 is 5.13. The minimum Gasteiger partial charge on any atom is -0.452 e. The number of carbonyl (C=O) groups excluding carboxylic acids is 1. The van der Waals surface area contributed by atoms with E-state index in [-0.39, 0.29) is 0 Å². The largest absolute Gasteiger partial charge is 0.452 e. The van der Waals surface area contributed by atoms with Crippen LogP contribution in [0.5, 0.6) is 0 Å². The number of nitrogens with zero attached hydrogens (tertiary/aromatic N) is 4. The van der Waals surface area contributed by atoms with Crippen molar-refractivity contribution in [1.29, 1.82) is 0 Å². The molecular formula is C29H31N5O2S. The van der Waals surface area contributed by atoms with E-state index in [4.69, 9.17) is 9.84 Å². The Morgan fingerprint density at radius 2 is 1.92 bits per heavy atom. The summed E-state index contributed by atoms with van der Waals surface area (Å²) in [6.45, 7) is 7.48. The number of piperazine rings is 1. The van der Waals surface area contributed by atoms with Crippen LogP contribution in [0.25, 0.3) is 21.8 Å². The molecule has 0 atom stereocenters. The van der Waals surface area contributed by atoms with E-state index in [0.29, 0.717) is 0 Å². The summed E-state index contributed by atoms with van der Waals surface area (Å²) in [7, 11) is 3.61. The molecule has 7 nitrogen and oxygen atoms in total. The van der Waals surface area contributed by atoms with Crippen LogP contribution in [0.15, 0.2) is 54.6 Å². The zero-order valence-corrected chi connectivity index (χ0v) is 22.3. The van der Waals surface area contributed by atoms with Crippen molar-refractivity contribution in [3.05, 3.63) is 76.9 Å². The van der Waals surface area contributed by atoms with Gasteiger partial charge in [0.2, 0.25) is 0 Å². The molecule has 1 aliphatic heterocycles. The van der Waals surface area contributed by atoms with E-state index in [1.165, 1.54) is 29.4 Å². The van der Waals surface area contributed by atoms with Crippen molar-refractivity contribution in [3.63, 3.8) is 0 Å². The molecule has 1 N–H and O–H groups in total. The number of rotatable bonds is 5. The first kappa shape index (κ1) is 23.9.